The van der Waals surface area contributed by atoms with Gasteiger partial charge in [-0.15, -0.1) is 11.8 Å². The van der Waals surface area contributed by atoms with Crippen LogP contribution in [0.3, 0.4) is 0 Å². The Morgan fingerprint density at radius 1 is 1.18 bits per heavy atom. The Morgan fingerprint density at radius 2 is 2.00 bits per heavy atom. The molecular weight excluding hydrogens is 163 g/mol. The molecular formula is C7H15FN2S. The third-order valence-corrected chi connectivity index (χ3v) is 2.62. The van der Waals surface area contributed by atoms with Crippen molar-refractivity contribution in [3.63, 3.8) is 0 Å². The van der Waals surface area contributed by atoms with Gasteiger partial charge in [0.15, 0.2) is 0 Å². The molecule has 0 aliphatic carbocycles. The van der Waals surface area contributed by atoms with Gasteiger partial charge in [-0.2, -0.15) is 0 Å². The predicted octanol–water partition coefficient (Wildman–Crippen LogP) is 0.598. The zero-order valence-corrected chi connectivity index (χ0v) is 7.42. The SMILES string of the molecule is FC1CCNCCNCSC1. The van der Waals surface area contributed by atoms with Gasteiger partial charge in [0.2, 0.25) is 0 Å². The number of nitrogens with one attached hydrogen (secondary N) is 2. The Bertz CT molecular complexity index is 92.4. The molecule has 0 aromatic carbocycles. The van der Waals surface area contributed by atoms with Gasteiger partial charge in [0.05, 0.1) is 0 Å². The van der Waals surface area contributed by atoms with E-state index in [2.05, 4.69) is 10.6 Å². The highest BCUT2D eigenvalue weighted by Crippen LogP contribution is 2.07. The predicted molar refractivity (Wildman–Crippen MR) is 47.7 cm³/mol. The highest BCUT2D eigenvalue weighted by molar-refractivity contribution is 7.99. The second kappa shape index (κ2) is 5.80. The minimum Gasteiger partial charge on any atom is -0.315 e. The van der Waals surface area contributed by atoms with E-state index in [0.29, 0.717) is 12.2 Å². The summed E-state index contributed by atoms with van der Waals surface area (Å²) in [5, 5.41) is 6.38. The zero-order valence-electron chi connectivity index (χ0n) is 6.61. The first-order valence-electron chi connectivity index (χ1n) is 4.03. The van der Waals surface area contributed by atoms with Crippen molar-refractivity contribution < 1.29 is 4.39 Å². The van der Waals surface area contributed by atoms with Gasteiger partial charge >= 0.3 is 0 Å². The van der Waals surface area contributed by atoms with Crippen molar-refractivity contribution in [3.05, 3.63) is 0 Å². The van der Waals surface area contributed by atoms with E-state index in [1.807, 2.05) is 0 Å². The van der Waals surface area contributed by atoms with Gasteiger partial charge < -0.3 is 10.6 Å². The molecule has 1 rings (SSSR count). The van der Waals surface area contributed by atoms with E-state index < -0.39 is 6.17 Å². The summed E-state index contributed by atoms with van der Waals surface area (Å²) in [6.45, 7) is 2.75. The van der Waals surface area contributed by atoms with Gasteiger partial charge in [-0.3, -0.25) is 0 Å². The van der Waals surface area contributed by atoms with E-state index in [1.54, 1.807) is 11.8 Å². The maximum absolute atomic E-state index is 12.8. The molecule has 1 fully saturated rings. The number of alkyl halides is 1. The highest BCUT2D eigenvalue weighted by atomic mass is 32.2. The van der Waals surface area contributed by atoms with E-state index in [9.17, 15) is 4.39 Å². The van der Waals surface area contributed by atoms with Gasteiger partial charge in [0.1, 0.15) is 6.17 Å². The van der Waals surface area contributed by atoms with Gasteiger partial charge in [-0.25, -0.2) is 4.39 Å². The van der Waals surface area contributed by atoms with Gasteiger partial charge in [-0.1, -0.05) is 0 Å². The standard InChI is InChI=1S/C7H15FN2S/c8-7-1-2-9-3-4-10-6-11-5-7/h7,9-10H,1-6H2. The number of hydrogen-bond acceptors (Lipinski definition) is 3. The molecule has 4 heteroatoms. The van der Waals surface area contributed by atoms with Crippen molar-refractivity contribution in [2.45, 2.75) is 12.6 Å². The van der Waals surface area contributed by atoms with Crippen LogP contribution < -0.4 is 10.6 Å². The molecule has 1 aliphatic rings. The third kappa shape index (κ3) is 4.61. The van der Waals surface area contributed by atoms with Crippen LogP contribution in [0.5, 0.6) is 0 Å². The van der Waals surface area contributed by atoms with Crippen LogP contribution in [0.2, 0.25) is 0 Å². The Hall–Kier alpha value is 0.200. The van der Waals surface area contributed by atoms with Crippen LogP contribution in [0.1, 0.15) is 6.42 Å². The summed E-state index contributed by atoms with van der Waals surface area (Å²) in [6, 6.07) is 0. The summed E-state index contributed by atoms with van der Waals surface area (Å²) in [7, 11) is 0. The Balaban J connectivity index is 2.12. The second-order valence-electron chi connectivity index (χ2n) is 2.65. The molecule has 1 heterocycles. The number of halogens is 1. The molecule has 0 radical (unpaired) electrons. The fraction of sp³-hybridized carbons (Fsp3) is 1.00. The lowest BCUT2D eigenvalue weighted by Gasteiger charge is -2.12. The lowest BCUT2D eigenvalue weighted by molar-refractivity contribution is 0.341. The Labute approximate surface area is 71.3 Å². The fourth-order valence-electron chi connectivity index (χ4n) is 0.975. The van der Waals surface area contributed by atoms with Crippen LogP contribution in [-0.4, -0.2) is 37.4 Å². The lowest BCUT2D eigenvalue weighted by Crippen LogP contribution is -2.31. The first-order chi connectivity index (χ1) is 5.39. The summed E-state index contributed by atoms with van der Waals surface area (Å²) in [6.07, 6.45) is 0.0277. The molecule has 66 valence electrons. The maximum atomic E-state index is 12.8. The monoisotopic (exact) mass is 178 g/mol. The normalized spacial score (nSPS) is 29.7. The van der Waals surface area contributed by atoms with Crippen LogP contribution in [0.15, 0.2) is 0 Å². The van der Waals surface area contributed by atoms with E-state index >= 15 is 0 Å². The molecule has 2 nitrogen and oxygen atoms in total. The van der Waals surface area contributed by atoms with Crippen molar-refractivity contribution >= 4 is 11.8 Å². The van der Waals surface area contributed by atoms with E-state index in [0.717, 1.165) is 25.5 Å². The molecule has 0 amide bonds. The van der Waals surface area contributed by atoms with E-state index in [-0.39, 0.29) is 0 Å². The van der Waals surface area contributed by atoms with Crippen molar-refractivity contribution in [1.82, 2.24) is 10.6 Å². The average Bonchev–Trinajstić information content (AvgIpc) is 2.03. The van der Waals surface area contributed by atoms with Gasteiger partial charge in [0, 0.05) is 24.7 Å². The first-order valence-corrected chi connectivity index (χ1v) is 5.18. The van der Waals surface area contributed by atoms with E-state index in [4.69, 9.17) is 0 Å². The minimum absolute atomic E-state index is 0.632. The van der Waals surface area contributed by atoms with Crippen LogP contribution in [-0.2, 0) is 0 Å². The van der Waals surface area contributed by atoms with E-state index in [1.165, 1.54) is 0 Å². The number of hydrogen-bond donors (Lipinski definition) is 2. The van der Waals surface area contributed by atoms with Gasteiger partial charge in [0.25, 0.3) is 0 Å². The molecule has 11 heavy (non-hydrogen) atoms. The van der Waals surface area contributed by atoms with Crippen molar-refractivity contribution in [1.29, 1.82) is 0 Å². The molecule has 0 saturated carbocycles. The molecule has 1 saturated heterocycles. The van der Waals surface area contributed by atoms with Crippen LogP contribution in [0.25, 0.3) is 0 Å². The van der Waals surface area contributed by atoms with Crippen LogP contribution in [0, 0.1) is 0 Å². The third-order valence-electron chi connectivity index (χ3n) is 1.62. The molecule has 1 atom stereocenters. The Morgan fingerprint density at radius 3 is 2.91 bits per heavy atom. The summed E-state index contributed by atoms with van der Waals surface area (Å²) >= 11 is 1.65. The lowest BCUT2D eigenvalue weighted by atomic mass is 10.3. The molecule has 0 aromatic rings. The quantitative estimate of drug-likeness (QED) is 0.568. The minimum atomic E-state index is -0.632. The topological polar surface area (TPSA) is 24.1 Å². The molecule has 0 bridgehead atoms. The summed E-state index contributed by atoms with van der Waals surface area (Å²) in [4.78, 5) is 0. The van der Waals surface area contributed by atoms with Crippen molar-refractivity contribution in [3.8, 4) is 0 Å². The molecule has 2 N–H and O–H groups in total. The zero-order chi connectivity index (χ0) is 7.94. The summed E-state index contributed by atoms with van der Waals surface area (Å²) < 4.78 is 12.8. The molecule has 1 unspecified atom stereocenters. The van der Waals surface area contributed by atoms with Gasteiger partial charge in [-0.05, 0) is 13.0 Å². The first kappa shape index (κ1) is 9.29. The highest BCUT2D eigenvalue weighted by Gasteiger charge is 2.06. The molecule has 0 aromatic heterocycles. The number of rotatable bonds is 0. The second-order valence-corrected chi connectivity index (χ2v) is 3.68. The molecule has 0 spiro atoms. The molecule has 1 aliphatic heterocycles. The fourth-order valence-corrected chi connectivity index (χ4v) is 1.80. The van der Waals surface area contributed by atoms with Crippen LogP contribution in [0.4, 0.5) is 4.39 Å². The maximum Gasteiger partial charge on any atom is 0.110 e. The number of thioether (sulfide) groups is 1. The van der Waals surface area contributed by atoms with Crippen molar-refractivity contribution in [2.24, 2.45) is 0 Å². The Kier molecular flexibility index (Phi) is 4.90. The smallest absolute Gasteiger partial charge is 0.110 e. The summed E-state index contributed by atoms with van der Waals surface area (Å²) in [5.74, 6) is 1.51. The largest absolute Gasteiger partial charge is 0.315 e. The average molecular weight is 178 g/mol. The summed E-state index contributed by atoms with van der Waals surface area (Å²) in [5.41, 5.74) is 0. The van der Waals surface area contributed by atoms with Crippen LogP contribution >= 0.6 is 11.8 Å². The van der Waals surface area contributed by atoms with Crippen molar-refractivity contribution in [2.75, 3.05) is 31.3 Å².